The summed E-state index contributed by atoms with van der Waals surface area (Å²) >= 11 is 0. The van der Waals surface area contributed by atoms with Gasteiger partial charge in [0.1, 0.15) is 0 Å². The monoisotopic (exact) mass is 201 g/mol. The zero-order valence-electron chi connectivity index (χ0n) is 6.07. The van der Waals surface area contributed by atoms with Crippen molar-refractivity contribution in [2.24, 2.45) is 0 Å². The number of hydrogen-bond acceptors (Lipinski definition) is 3. The number of halogens is 1. The molecule has 1 rings (SSSR count). The lowest BCUT2D eigenvalue weighted by atomic mass is 10.4. The van der Waals surface area contributed by atoms with E-state index in [2.05, 4.69) is 4.90 Å². The highest BCUT2D eigenvalue weighted by molar-refractivity contribution is 8.69. The van der Waals surface area contributed by atoms with Crippen LogP contribution in [-0.2, 0) is 9.83 Å². The SMILES string of the molecule is CN(C)C1CSS(=O)C1.Cl. The molecule has 1 saturated heterocycles. The van der Waals surface area contributed by atoms with Crippen molar-refractivity contribution in [3.63, 3.8) is 0 Å². The minimum absolute atomic E-state index is 0. The van der Waals surface area contributed by atoms with Crippen molar-refractivity contribution in [3.05, 3.63) is 0 Å². The molecule has 0 aromatic carbocycles. The average molecular weight is 202 g/mol. The van der Waals surface area contributed by atoms with Crippen LogP contribution in [0.3, 0.4) is 0 Å². The van der Waals surface area contributed by atoms with Crippen LogP contribution in [0.1, 0.15) is 0 Å². The van der Waals surface area contributed by atoms with Crippen LogP contribution < -0.4 is 0 Å². The molecule has 1 aliphatic heterocycles. The third kappa shape index (κ3) is 2.78. The predicted molar refractivity (Wildman–Crippen MR) is 50.2 cm³/mol. The molecule has 62 valence electrons. The van der Waals surface area contributed by atoms with Crippen molar-refractivity contribution in [1.82, 2.24) is 4.90 Å². The van der Waals surface area contributed by atoms with Crippen LogP contribution in [0.25, 0.3) is 0 Å². The summed E-state index contributed by atoms with van der Waals surface area (Å²) in [4.78, 5) is 2.14. The lowest BCUT2D eigenvalue weighted by molar-refractivity contribution is 0.346. The van der Waals surface area contributed by atoms with Gasteiger partial charge in [-0.05, 0) is 14.1 Å². The summed E-state index contributed by atoms with van der Waals surface area (Å²) in [5.41, 5.74) is 0. The molecule has 2 atom stereocenters. The van der Waals surface area contributed by atoms with Crippen molar-refractivity contribution in [2.45, 2.75) is 6.04 Å². The zero-order valence-corrected chi connectivity index (χ0v) is 8.52. The molecule has 1 fully saturated rings. The Morgan fingerprint density at radius 1 is 1.60 bits per heavy atom. The van der Waals surface area contributed by atoms with Gasteiger partial charge < -0.3 is 4.90 Å². The van der Waals surface area contributed by atoms with Gasteiger partial charge in [-0.25, -0.2) is 4.21 Å². The quantitative estimate of drug-likeness (QED) is 0.584. The second-order valence-corrected chi connectivity index (χ2v) is 5.70. The van der Waals surface area contributed by atoms with Crippen molar-refractivity contribution >= 4 is 33.0 Å². The standard InChI is InChI=1S/C5H11NOS2.ClH/c1-6(2)5-3-8-9(7)4-5;/h5H,3-4H2,1-2H3;1H. The number of nitrogens with zero attached hydrogens (tertiary/aromatic N) is 1. The van der Waals surface area contributed by atoms with Gasteiger partial charge in [0.05, 0.1) is 15.6 Å². The van der Waals surface area contributed by atoms with Gasteiger partial charge in [0, 0.05) is 11.8 Å². The van der Waals surface area contributed by atoms with E-state index in [9.17, 15) is 4.21 Å². The van der Waals surface area contributed by atoms with Gasteiger partial charge in [-0.15, -0.1) is 12.4 Å². The van der Waals surface area contributed by atoms with Gasteiger partial charge in [-0.2, -0.15) is 0 Å². The molecule has 1 aliphatic rings. The zero-order chi connectivity index (χ0) is 6.85. The summed E-state index contributed by atoms with van der Waals surface area (Å²) in [7, 11) is 5.04. The van der Waals surface area contributed by atoms with E-state index in [4.69, 9.17) is 0 Å². The Kier molecular flexibility index (Phi) is 4.94. The highest BCUT2D eigenvalue weighted by Gasteiger charge is 2.22. The van der Waals surface area contributed by atoms with Gasteiger partial charge in [-0.3, -0.25) is 0 Å². The van der Waals surface area contributed by atoms with Gasteiger partial charge in [-0.1, -0.05) is 10.8 Å². The van der Waals surface area contributed by atoms with E-state index in [1.807, 2.05) is 14.1 Å². The molecule has 0 spiro atoms. The maximum absolute atomic E-state index is 10.8. The highest BCUT2D eigenvalue weighted by atomic mass is 35.5. The first-order valence-electron chi connectivity index (χ1n) is 2.88. The second-order valence-electron chi connectivity index (χ2n) is 2.37. The van der Waals surface area contributed by atoms with Crippen LogP contribution in [0.5, 0.6) is 0 Å². The summed E-state index contributed by atoms with van der Waals surface area (Å²) in [6, 6.07) is 0.538. The number of hydrogen-bond donors (Lipinski definition) is 0. The molecule has 0 aromatic rings. The summed E-state index contributed by atoms with van der Waals surface area (Å²) in [5.74, 6) is 1.87. The third-order valence-electron chi connectivity index (χ3n) is 1.45. The Hall–Kier alpha value is 0.750. The third-order valence-corrected chi connectivity index (χ3v) is 4.50. The molecule has 0 radical (unpaired) electrons. The molecular weight excluding hydrogens is 190 g/mol. The Balaban J connectivity index is 0.000000810. The second kappa shape index (κ2) is 4.59. The fourth-order valence-corrected chi connectivity index (χ4v) is 4.09. The maximum Gasteiger partial charge on any atom is 0.0820 e. The number of rotatable bonds is 1. The molecule has 2 unspecified atom stereocenters. The lowest BCUT2D eigenvalue weighted by Gasteiger charge is -2.15. The first kappa shape index (κ1) is 10.8. The smallest absolute Gasteiger partial charge is 0.0820 e. The maximum atomic E-state index is 10.8. The summed E-state index contributed by atoms with van der Waals surface area (Å²) in [6.07, 6.45) is 0. The van der Waals surface area contributed by atoms with Gasteiger partial charge >= 0.3 is 0 Å². The normalized spacial score (nSPS) is 32.3. The van der Waals surface area contributed by atoms with Crippen LogP contribution in [0, 0.1) is 0 Å². The van der Waals surface area contributed by atoms with Gasteiger partial charge in [0.15, 0.2) is 0 Å². The molecule has 0 aromatic heterocycles. The Bertz CT molecular complexity index is 131. The summed E-state index contributed by atoms with van der Waals surface area (Å²) < 4.78 is 10.8. The molecule has 2 nitrogen and oxygen atoms in total. The molecule has 0 aliphatic carbocycles. The van der Waals surface area contributed by atoms with Crippen molar-refractivity contribution in [1.29, 1.82) is 0 Å². The fraction of sp³-hybridized carbons (Fsp3) is 1.00. The summed E-state index contributed by atoms with van der Waals surface area (Å²) in [5, 5.41) is 0. The minimum Gasteiger partial charge on any atom is -0.305 e. The topological polar surface area (TPSA) is 20.3 Å². The minimum atomic E-state index is -0.598. The molecular formula is C5H12ClNOS2. The Labute approximate surface area is 74.0 Å². The van der Waals surface area contributed by atoms with Gasteiger partial charge in [0.2, 0.25) is 0 Å². The van der Waals surface area contributed by atoms with Crippen molar-refractivity contribution in [2.75, 3.05) is 25.6 Å². The van der Waals surface area contributed by atoms with Crippen molar-refractivity contribution < 1.29 is 4.21 Å². The van der Waals surface area contributed by atoms with E-state index in [0.29, 0.717) is 6.04 Å². The highest BCUT2D eigenvalue weighted by Crippen LogP contribution is 2.21. The van der Waals surface area contributed by atoms with Crippen LogP contribution in [0.4, 0.5) is 0 Å². The van der Waals surface area contributed by atoms with Crippen LogP contribution >= 0.6 is 23.2 Å². The molecule has 0 saturated carbocycles. The van der Waals surface area contributed by atoms with Crippen LogP contribution in [-0.4, -0.2) is 40.8 Å². The van der Waals surface area contributed by atoms with Crippen molar-refractivity contribution in [3.8, 4) is 0 Å². The van der Waals surface area contributed by atoms with Crippen LogP contribution in [0.2, 0.25) is 0 Å². The lowest BCUT2D eigenvalue weighted by Crippen LogP contribution is -2.30. The molecule has 0 N–H and O–H groups in total. The van der Waals surface area contributed by atoms with Gasteiger partial charge in [0.25, 0.3) is 0 Å². The molecule has 1 heterocycles. The predicted octanol–water partition coefficient (Wildman–Crippen LogP) is 0.749. The Morgan fingerprint density at radius 3 is 2.40 bits per heavy atom. The first-order valence-corrected chi connectivity index (χ1v) is 5.70. The Morgan fingerprint density at radius 2 is 2.20 bits per heavy atom. The first-order chi connectivity index (χ1) is 4.20. The van der Waals surface area contributed by atoms with E-state index in [-0.39, 0.29) is 12.4 Å². The largest absolute Gasteiger partial charge is 0.305 e. The summed E-state index contributed by atoms with van der Waals surface area (Å²) in [6.45, 7) is 0. The van der Waals surface area contributed by atoms with E-state index < -0.39 is 9.83 Å². The average Bonchev–Trinajstić information content (AvgIpc) is 2.14. The molecule has 0 bridgehead atoms. The van der Waals surface area contributed by atoms with E-state index in [1.54, 1.807) is 10.8 Å². The fourth-order valence-electron chi connectivity index (χ4n) is 0.706. The molecule has 10 heavy (non-hydrogen) atoms. The molecule has 0 amide bonds. The molecule has 5 heteroatoms. The van der Waals surface area contributed by atoms with E-state index >= 15 is 0 Å². The van der Waals surface area contributed by atoms with Crippen LogP contribution in [0.15, 0.2) is 0 Å². The van der Waals surface area contributed by atoms with E-state index in [1.165, 1.54) is 0 Å². The van der Waals surface area contributed by atoms with E-state index in [0.717, 1.165) is 11.5 Å².